The van der Waals surface area contributed by atoms with Crippen molar-refractivity contribution in [1.82, 2.24) is 9.97 Å². The number of ether oxygens (including phenoxy) is 1. The smallest absolute Gasteiger partial charge is 0.314 e. The average Bonchev–Trinajstić information content (AvgIpc) is 2.61. The normalized spacial score (nSPS) is 22.2. The van der Waals surface area contributed by atoms with E-state index < -0.39 is 0 Å². The second kappa shape index (κ2) is 7.13. The van der Waals surface area contributed by atoms with Crippen LogP contribution in [0, 0.1) is 5.92 Å². The van der Waals surface area contributed by atoms with Crippen LogP contribution in [-0.4, -0.2) is 35.6 Å². The Balaban J connectivity index is 1.82. The van der Waals surface area contributed by atoms with Gasteiger partial charge in [0, 0.05) is 0 Å². The number of quaternary nitrogens is 1. The SMILES string of the molecule is CCOC(=O)[C@H]1CCC[NH+]([C@@H](C)c2nc3ccccc3c(=O)[nH]2)C1. The molecule has 1 saturated heterocycles. The van der Waals surface area contributed by atoms with E-state index in [1.165, 1.54) is 4.90 Å². The number of benzene rings is 1. The summed E-state index contributed by atoms with van der Waals surface area (Å²) in [6.45, 7) is 5.98. The second-order valence-corrected chi connectivity index (χ2v) is 6.39. The molecule has 0 bridgehead atoms. The Morgan fingerprint density at radius 1 is 1.46 bits per heavy atom. The highest BCUT2D eigenvalue weighted by Gasteiger charge is 2.33. The van der Waals surface area contributed by atoms with E-state index in [1.807, 2.05) is 25.1 Å². The third-order valence-corrected chi connectivity index (χ3v) is 4.83. The van der Waals surface area contributed by atoms with Gasteiger partial charge in [0.15, 0.2) is 5.82 Å². The van der Waals surface area contributed by atoms with E-state index in [9.17, 15) is 9.59 Å². The van der Waals surface area contributed by atoms with Crippen LogP contribution in [0.2, 0.25) is 0 Å². The lowest BCUT2D eigenvalue weighted by atomic mass is 9.97. The molecule has 3 rings (SSSR count). The molecule has 1 aliphatic rings. The molecule has 0 saturated carbocycles. The zero-order chi connectivity index (χ0) is 17.1. The summed E-state index contributed by atoms with van der Waals surface area (Å²) in [5, 5.41) is 0.603. The van der Waals surface area contributed by atoms with Crippen molar-refractivity contribution >= 4 is 16.9 Å². The van der Waals surface area contributed by atoms with Crippen LogP contribution in [0.3, 0.4) is 0 Å². The molecule has 1 aliphatic heterocycles. The van der Waals surface area contributed by atoms with E-state index in [4.69, 9.17) is 4.74 Å². The zero-order valence-corrected chi connectivity index (χ0v) is 14.2. The van der Waals surface area contributed by atoms with Crippen molar-refractivity contribution < 1.29 is 14.4 Å². The number of rotatable bonds is 4. The molecule has 6 heteroatoms. The highest BCUT2D eigenvalue weighted by atomic mass is 16.5. The Morgan fingerprint density at radius 2 is 2.25 bits per heavy atom. The summed E-state index contributed by atoms with van der Waals surface area (Å²) in [6.07, 6.45) is 1.84. The molecular formula is C18H24N3O3+. The number of hydrogen-bond acceptors (Lipinski definition) is 4. The van der Waals surface area contributed by atoms with Crippen LogP contribution >= 0.6 is 0 Å². The third-order valence-electron chi connectivity index (χ3n) is 4.83. The predicted octanol–water partition coefficient (Wildman–Crippen LogP) is 0.842. The summed E-state index contributed by atoms with van der Waals surface area (Å²) < 4.78 is 5.17. The van der Waals surface area contributed by atoms with Crippen molar-refractivity contribution in [3.05, 3.63) is 40.4 Å². The lowest BCUT2D eigenvalue weighted by molar-refractivity contribution is -0.937. The van der Waals surface area contributed by atoms with E-state index in [1.54, 1.807) is 6.07 Å². The molecule has 1 aromatic carbocycles. The summed E-state index contributed by atoms with van der Waals surface area (Å²) in [5.41, 5.74) is 0.599. The number of hydrogen-bond donors (Lipinski definition) is 2. The van der Waals surface area contributed by atoms with Crippen LogP contribution in [0.15, 0.2) is 29.1 Å². The number of aromatic amines is 1. The minimum absolute atomic E-state index is 0.0273. The van der Waals surface area contributed by atoms with Gasteiger partial charge in [-0.05, 0) is 38.8 Å². The Labute approximate surface area is 140 Å². The maximum atomic E-state index is 12.3. The summed E-state index contributed by atoms with van der Waals surface area (Å²) in [6, 6.07) is 7.38. The molecule has 3 atom stereocenters. The van der Waals surface area contributed by atoms with E-state index >= 15 is 0 Å². The zero-order valence-electron chi connectivity index (χ0n) is 14.2. The molecule has 6 nitrogen and oxygen atoms in total. The minimum Gasteiger partial charge on any atom is -0.466 e. The molecule has 2 N–H and O–H groups in total. The van der Waals surface area contributed by atoms with Crippen LogP contribution in [0.4, 0.5) is 0 Å². The summed E-state index contributed by atoms with van der Waals surface area (Å²) in [7, 11) is 0. The number of aromatic nitrogens is 2. The molecule has 0 aliphatic carbocycles. The Morgan fingerprint density at radius 3 is 3.04 bits per heavy atom. The van der Waals surface area contributed by atoms with E-state index in [2.05, 4.69) is 16.9 Å². The van der Waals surface area contributed by atoms with Gasteiger partial charge in [-0.25, -0.2) is 4.98 Å². The molecule has 1 fully saturated rings. The van der Waals surface area contributed by atoms with Gasteiger partial charge in [-0.1, -0.05) is 12.1 Å². The molecule has 0 amide bonds. The molecule has 2 aromatic rings. The Hall–Kier alpha value is -2.21. The first kappa shape index (κ1) is 16.6. The maximum absolute atomic E-state index is 12.3. The molecule has 0 spiro atoms. The molecule has 2 heterocycles. The van der Waals surface area contributed by atoms with Gasteiger partial charge >= 0.3 is 5.97 Å². The number of para-hydroxylation sites is 1. The highest BCUT2D eigenvalue weighted by Crippen LogP contribution is 2.13. The van der Waals surface area contributed by atoms with Gasteiger partial charge in [-0.3, -0.25) is 9.59 Å². The lowest BCUT2D eigenvalue weighted by Gasteiger charge is -2.32. The monoisotopic (exact) mass is 330 g/mol. The fourth-order valence-corrected chi connectivity index (χ4v) is 3.45. The molecule has 24 heavy (non-hydrogen) atoms. The van der Waals surface area contributed by atoms with Crippen LogP contribution < -0.4 is 10.5 Å². The number of piperidine rings is 1. The Bertz CT molecular complexity index is 786. The first-order chi connectivity index (χ1) is 11.6. The third kappa shape index (κ3) is 3.33. The fraction of sp³-hybridized carbons (Fsp3) is 0.500. The molecule has 1 unspecified atom stereocenters. The van der Waals surface area contributed by atoms with Gasteiger partial charge in [0.2, 0.25) is 0 Å². The summed E-state index contributed by atoms with van der Waals surface area (Å²) in [5.74, 6) is 0.503. The lowest BCUT2D eigenvalue weighted by Crippen LogP contribution is -3.13. The van der Waals surface area contributed by atoms with Crippen molar-refractivity contribution in [2.24, 2.45) is 5.92 Å². The van der Waals surface area contributed by atoms with E-state index in [-0.39, 0.29) is 23.5 Å². The molecule has 128 valence electrons. The largest absolute Gasteiger partial charge is 0.466 e. The number of nitrogens with one attached hydrogen (secondary N) is 2. The number of likely N-dealkylation sites (tertiary alicyclic amines) is 1. The minimum atomic E-state index is -0.110. The van der Waals surface area contributed by atoms with Gasteiger partial charge in [0.25, 0.3) is 5.56 Å². The summed E-state index contributed by atoms with van der Waals surface area (Å²) in [4.78, 5) is 33.1. The van der Waals surface area contributed by atoms with Gasteiger partial charge in [0.05, 0.1) is 30.6 Å². The van der Waals surface area contributed by atoms with Crippen molar-refractivity contribution in [2.45, 2.75) is 32.7 Å². The van der Waals surface area contributed by atoms with Crippen LogP contribution in [0.5, 0.6) is 0 Å². The van der Waals surface area contributed by atoms with Gasteiger partial charge in [-0.15, -0.1) is 0 Å². The van der Waals surface area contributed by atoms with Crippen LogP contribution in [0.1, 0.15) is 38.6 Å². The average molecular weight is 330 g/mol. The number of H-pyrrole nitrogens is 1. The number of fused-ring (bicyclic) bond motifs is 1. The number of carbonyl (C=O) groups excluding carboxylic acids is 1. The van der Waals surface area contributed by atoms with Gasteiger partial charge in [0.1, 0.15) is 12.0 Å². The number of nitrogens with zero attached hydrogens (tertiary/aromatic N) is 1. The van der Waals surface area contributed by atoms with Crippen LogP contribution in [-0.2, 0) is 9.53 Å². The van der Waals surface area contributed by atoms with Crippen molar-refractivity contribution in [3.8, 4) is 0 Å². The molecule has 1 aromatic heterocycles. The number of esters is 1. The fourth-order valence-electron chi connectivity index (χ4n) is 3.45. The van der Waals surface area contributed by atoms with Crippen molar-refractivity contribution in [3.63, 3.8) is 0 Å². The maximum Gasteiger partial charge on any atom is 0.314 e. The van der Waals surface area contributed by atoms with Crippen molar-refractivity contribution in [1.29, 1.82) is 0 Å². The topological polar surface area (TPSA) is 76.5 Å². The molecular weight excluding hydrogens is 306 g/mol. The summed E-state index contributed by atoms with van der Waals surface area (Å²) >= 11 is 0. The first-order valence-electron chi connectivity index (χ1n) is 8.60. The first-order valence-corrected chi connectivity index (χ1v) is 8.60. The second-order valence-electron chi connectivity index (χ2n) is 6.39. The van der Waals surface area contributed by atoms with Crippen molar-refractivity contribution in [2.75, 3.05) is 19.7 Å². The van der Waals surface area contributed by atoms with Gasteiger partial charge < -0.3 is 14.6 Å². The quantitative estimate of drug-likeness (QED) is 0.815. The Kier molecular flexibility index (Phi) is 4.94. The standard InChI is InChI=1S/C18H23N3O3/c1-3-24-18(23)13-7-6-10-21(11-13)12(2)16-19-15-9-5-4-8-14(15)17(22)20-16/h4-5,8-9,12-13H,3,6-7,10-11H2,1-2H3,(H,19,20,22)/p+1/t12-,13-/m0/s1. The van der Waals surface area contributed by atoms with E-state index in [0.717, 1.165) is 25.9 Å². The molecule has 0 radical (unpaired) electrons. The number of carbonyl (C=O) groups is 1. The van der Waals surface area contributed by atoms with Crippen LogP contribution in [0.25, 0.3) is 10.9 Å². The van der Waals surface area contributed by atoms with E-state index in [0.29, 0.717) is 23.3 Å². The highest BCUT2D eigenvalue weighted by molar-refractivity contribution is 5.77. The van der Waals surface area contributed by atoms with Gasteiger partial charge in [-0.2, -0.15) is 0 Å². The predicted molar refractivity (Wildman–Crippen MR) is 90.8 cm³/mol.